The highest BCUT2D eigenvalue weighted by molar-refractivity contribution is 9.10. The van der Waals surface area contributed by atoms with Gasteiger partial charge in [-0.15, -0.1) is 0 Å². The van der Waals surface area contributed by atoms with Crippen LogP contribution in [0.1, 0.15) is 16.8 Å². The minimum absolute atomic E-state index is 0.152. The van der Waals surface area contributed by atoms with Gasteiger partial charge in [0.05, 0.1) is 4.90 Å². The predicted molar refractivity (Wildman–Crippen MR) is 107 cm³/mol. The van der Waals surface area contributed by atoms with Crippen molar-refractivity contribution in [2.75, 3.05) is 31.9 Å². The van der Waals surface area contributed by atoms with Gasteiger partial charge in [0.15, 0.2) is 0 Å². The Labute approximate surface area is 162 Å². The summed E-state index contributed by atoms with van der Waals surface area (Å²) in [6.07, 6.45) is 0.842. The topological polar surface area (TPSA) is 78.5 Å². The molecule has 0 bridgehead atoms. The fourth-order valence-corrected chi connectivity index (χ4v) is 3.56. The summed E-state index contributed by atoms with van der Waals surface area (Å²) < 4.78 is 28.2. The molecule has 0 aliphatic rings. The molecule has 0 heterocycles. The van der Waals surface area contributed by atoms with E-state index in [0.717, 1.165) is 17.4 Å². The van der Waals surface area contributed by atoms with E-state index in [-0.39, 0.29) is 10.8 Å². The highest BCUT2D eigenvalue weighted by atomic mass is 79.9. The van der Waals surface area contributed by atoms with E-state index in [0.29, 0.717) is 17.8 Å². The molecule has 140 valence electrons. The van der Waals surface area contributed by atoms with Crippen LogP contribution in [0, 0.1) is 0 Å². The Morgan fingerprint density at radius 2 is 1.81 bits per heavy atom. The molecule has 0 saturated carbocycles. The van der Waals surface area contributed by atoms with Crippen LogP contribution in [-0.2, 0) is 10.0 Å². The first kappa shape index (κ1) is 20.4. The fourth-order valence-electron chi connectivity index (χ4n) is 2.25. The highest BCUT2D eigenvalue weighted by Gasteiger charge is 2.15. The van der Waals surface area contributed by atoms with E-state index >= 15 is 0 Å². The van der Waals surface area contributed by atoms with Gasteiger partial charge in [-0.1, -0.05) is 22.0 Å². The fraction of sp³-hybridized carbons (Fsp3) is 0.278. The van der Waals surface area contributed by atoms with E-state index < -0.39 is 10.0 Å². The van der Waals surface area contributed by atoms with Crippen molar-refractivity contribution in [1.29, 1.82) is 0 Å². The molecular weight excluding hydrogens is 418 g/mol. The first-order valence-corrected chi connectivity index (χ1v) is 10.4. The van der Waals surface area contributed by atoms with Crippen LogP contribution < -0.4 is 10.0 Å². The highest BCUT2D eigenvalue weighted by Crippen LogP contribution is 2.19. The average molecular weight is 440 g/mol. The van der Waals surface area contributed by atoms with Crippen LogP contribution >= 0.6 is 15.9 Å². The molecule has 8 heteroatoms. The zero-order valence-electron chi connectivity index (χ0n) is 14.7. The number of benzene rings is 2. The first-order chi connectivity index (χ1) is 12.3. The van der Waals surface area contributed by atoms with Crippen molar-refractivity contribution in [3.8, 4) is 0 Å². The number of amides is 1. The molecule has 2 rings (SSSR count). The second-order valence-electron chi connectivity index (χ2n) is 6.05. The van der Waals surface area contributed by atoms with Crippen LogP contribution in [0.5, 0.6) is 0 Å². The number of hydrogen-bond donors (Lipinski definition) is 2. The maximum Gasteiger partial charge on any atom is 0.261 e. The summed E-state index contributed by atoms with van der Waals surface area (Å²) in [4.78, 5) is 14.4. The Hall–Kier alpha value is -1.90. The predicted octanol–water partition coefficient (Wildman–Crippen LogP) is 2.93. The van der Waals surface area contributed by atoms with Gasteiger partial charge in [0, 0.05) is 22.3 Å². The maximum absolute atomic E-state index is 12.4. The molecule has 0 fully saturated rings. The molecule has 0 saturated heterocycles. The van der Waals surface area contributed by atoms with E-state index in [2.05, 4.69) is 26.0 Å². The quantitative estimate of drug-likeness (QED) is 0.619. The minimum Gasteiger partial charge on any atom is -0.352 e. The Kier molecular flexibility index (Phi) is 7.19. The first-order valence-electron chi connectivity index (χ1n) is 8.09. The van der Waals surface area contributed by atoms with Gasteiger partial charge in [-0.25, -0.2) is 8.42 Å². The SMILES string of the molecule is CN(C)CCCNC(=O)c1cccc(NS(=O)(=O)c2ccc(Br)cc2)c1. The van der Waals surface area contributed by atoms with Gasteiger partial charge in [0.1, 0.15) is 0 Å². The summed E-state index contributed by atoms with van der Waals surface area (Å²) in [6.45, 7) is 1.44. The molecule has 2 N–H and O–H groups in total. The standard InChI is InChI=1S/C18H22BrN3O3S/c1-22(2)12-4-11-20-18(23)14-5-3-6-16(13-14)21-26(24,25)17-9-7-15(19)8-10-17/h3,5-10,13,21H,4,11-12H2,1-2H3,(H,20,23). The number of anilines is 1. The molecule has 6 nitrogen and oxygen atoms in total. The van der Waals surface area contributed by atoms with Gasteiger partial charge in [-0.3, -0.25) is 9.52 Å². The van der Waals surface area contributed by atoms with E-state index in [1.54, 1.807) is 30.3 Å². The van der Waals surface area contributed by atoms with Gasteiger partial charge in [-0.05, 0) is 69.5 Å². The van der Waals surface area contributed by atoms with Crippen molar-refractivity contribution in [3.05, 3.63) is 58.6 Å². The van der Waals surface area contributed by atoms with Crippen molar-refractivity contribution in [2.24, 2.45) is 0 Å². The minimum atomic E-state index is -3.71. The lowest BCUT2D eigenvalue weighted by Crippen LogP contribution is -2.27. The van der Waals surface area contributed by atoms with Crippen molar-refractivity contribution >= 4 is 37.5 Å². The van der Waals surface area contributed by atoms with Crippen molar-refractivity contribution in [1.82, 2.24) is 10.2 Å². The molecule has 2 aromatic carbocycles. The second-order valence-corrected chi connectivity index (χ2v) is 8.65. The maximum atomic E-state index is 12.4. The number of carbonyl (C=O) groups is 1. The van der Waals surface area contributed by atoms with Crippen LogP contribution in [0.3, 0.4) is 0 Å². The second kappa shape index (κ2) is 9.16. The molecule has 0 aliphatic carbocycles. The number of nitrogens with one attached hydrogen (secondary N) is 2. The van der Waals surface area contributed by atoms with E-state index in [4.69, 9.17) is 0 Å². The zero-order chi connectivity index (χ0) is 19.2. The van der Waals surface area contributed by atoms with Gasteiger partial charge in [0.2, 0.25) is 0 Å². The molecule has 0 radical (unpaired) electrons. The Bertz CT molecular complexity index is 852. The average Bonchev–Trinajstić information content (AvgIpc) is 2.58. The summed E-state index contributed by atoms with van der Waals surface area (Å²) in [5.74, 6) is -0.228. The largest absolute Gasteiger partial charge is 0.352 e. The monoisotopic (exact) mass is 439 g/mol. The molecule has 1 amide bonds. The summed E-state index contributed by atoms with van der Waals surface area (Å²) in [6, 6.07) is 12.8. The lowest BCUT2D eigenvalue weighted by Gasteiger charge is -2.11. The van der Waals surface area contributed by atoms with Crippen molar-refractivity contribution in [3.63, 3.8) is 0 Å². The normalized spacial score (nSPS) is 11.4. The summed E-state index contributed by atoms with van der Waals surface area (Å²) in [7, 11) is 0.239. The van der Waals surface area contributed by atoms with Crippen LogP contribution in [-0.4, -0.2) is 46.4 Å². The van der Waals surface area contributed by atoms with Crippen LogP contribution in [0.2, 0.25) is 0 Å². The molecule has 0 spiro atoms. The molecule has 26 heavy (non-hydrogen) atoms. The number of nitrogens with zero attached hydrogens (tertiary/aromatic N) is 1. The third-order valence-electron chi connectivity index (χ3n) is 3.57. The Balaban J connectivity index is 2.04. The zero-order valence-corrected chi connectivity index (χ0v) is 17.1. The van der Waals surface area contributed by atoms with E-state index in [1.807, 2.05) is 19.0 Å². The molecule has 0 aliphatic heterocycles. The van der Waals surface area contributed by atoms with Crippen molar-refractivity contribution in [2.45, 2.75) is 11.3 Å². The number of carbonyl (C=O) groups excluding carboxylic acids is 1. The van der Waals surface area contributed by atoms with Crippen molar-refractivity contribution < 1.29 is 13.2 Å². The molecular formula is C18H22BrN3O3S. The molecule has 0 atom stereocenters. The third kappa shape index (κ3) is 6.12. The van der Waals surface area contributed by atoms with Gasteiger partial charge in [0.25, 0.3) is 15.9 Å². The molecule has 0 unspecified atom stereocenters. The van der Waals surface area contributed by atoms with E-state index in [1.165, 1.54) is 18.2 Å². The van der Waals surface area contributed by atoms with E-state index in [9.17, 15) is 13.2 Å². The lowest BCUT2D eigenvalue weighted by molar-refractivity contribution is 0.0952. The molecule has 2 aromatic rings. The number of hydrogen-bond acceptors (Lipinski definition) is 4. The summed E-state index contributed by atoms with van der Waals surface area (Å²) in [5.41, 5.74) is 0.750. The number of sulfonamides is 1. The lowest BCUT2D eigenvalue weighted by atomic mass is 10.2. The smallest absolute Gasteiger partial charge is 0.261 e. The Morgan fingerprint density at radius 1 is 1.12 bits per heavy atom. The van der Waals surface area contributed by atoms with Gasteiger partial charge >= 0.3 is 0 Å². The van der Waals surface area contributed by atoms with Gasteiger partial charge in [-0.2, -0.15) is 0 Å². The summed E-state index contributed by atoms with van der Waals surface area (Å²) >= 11 is 3.28. The van der Waals surface area contributed by atoms with Crippen LogP contribution in [0.15, 0.2) is 57.9 Å². The van der Waals surface area contributed by atoms with Crippen LogP contribution in [0.25, 0.3) is 0 Å². The third-order valence-corrected chi connectivity index (χ3v) is 5.49. The number of rotatable bonds is 8. The Morgan fingerprint density at radius 3 is 2.46 bits per heavy atom. The van der Waals surface area contributed by atoms with Crippen LogP contribution in [0.4, 0.5) is 5.69 Å². The number of halogens is 1. The van der Waals surface area contributed by atoms with Gasteiger partial charge < -0.3 is 10.2 Å². The summed E-state index contributed by atoms with van der Waals surface area (Å²) in [5, 5.41) is 2.83. The molecule has 0 aromatic heterocycles.